The van der Waals surface area contributed by atoms with Crippen LogP contribution < -0.4 is 16.0 Å². The number of hydrogen-bond donors (Lipinski definition) is 2. The lowest BCUT2D eigenvalue weighted by Crippen LogP contribution is -2.47. The van der Waals surface area contributed by atoms with Crippen molar-refractivity contribution in [3.8, 4) is 0 Å². The first-order valence-corrected chi connectivity index (χ1v) is 9.02. The third-order valence-electron chi connectivity index (χ3n) is 5.16. The van der Waals surface area contributed by atoms with E-state index in [4.69, 9.17) is 10.5 Å². The summed E-state index contributed by atoms with van der Waals surface area (Å²) in [6, 6.07) is 2.91. The van der Waals surface area contributed by atoms with Crippen molar-refractivity contribution in [2.45, 2.75) is 57.0 Å². The summed E-state index contributed by atoms with van der Waals surface area (Å²) in [7, 11) is 1.38. The molecule has 1 aliphatic carbocycles. The summed E-state index contributed by atoms with van der Waals surface area (Å²) in [6.07, 6.45) is 10.5. The molecule has 0 spiro atoms. The number of nitrogens with zero attached hydrogens (tertiary/aromatic N) is 2. The highest BCUT2D eigenvalue weighted by atomic mass is 16.5. The van der Waals surface area contributed by atoms with Gasteiger partial charge in [0, 0.05) is 25.2 Å². The molecule has 1 aromatic heterocycles. The summed E-state index contributed by atoms with van der Waals surface area (Å²) >= 11 is 0. The predicted octanol–water partition coefficient (Wildman–Crippen LogP) is 2.34. The third-order valence-corrected chi connectivity index (χ3v) is 5.16. The van der Waals surface area contributed by atoms with Crippen molar-refractivity contribution in [3.05, 3.63) is 17.8 Å². The van der Waals surface area contributed by atoms with E-state index in [9.17, 15) is 4.79 Å². The monoisotopic (exact) mass is 332 g/mol. The Bertz CT molecular complexity index is 564. The number of nitrogen functional groups attached to an aromatic ring is 1. The zero-order valence-corrected chi connectivity index (χ0v) is 14.5. The van der Waals surface area contributed by atoms with Crippen molar-refractivity contribution >= 4 is 17.5 Å². The Hall–Kier alpha value is -1.82. The second-order valence-corrected chi connectivity index (χ2v) is 6.89. The smallest absolute Gasteiger partial charge is 0.341 e. The SMILES string of the molecule is COC(=O)c1cc(N)cnc1N1CCC(NC2CCCCC2)CC1. The molecule has 1 saturated carbocycles. The van der Waals surface area contributed by atoms with Gasteiger partial charge >= 0.3 is 5.97 Å². The summed E-state index contributed by atoms with van der Waals surface area (Å²) in [5.41, 5.74) is 6.71. The van der Waals surface area contributed by atoms with Gasteiger partial charge in [0.1, 0.15) is 11.4 Å². The predicted molar refractivity (Wildman–Crippen MR) is 95.2 cm³/mol. The minimum atomic E-state index is -0.382. The average Bonchev–Trinajstić information content (AvgIpc) is 2.62. The molecule has 132 valence electrons. The first-order chi connectivity index (χ1) is 11.7. The first-order valence-electron chi connectivity index (χ1n) is 9.02. The highest BCUT2D eigenvalue weighted by molar-refractivity contribution is 5.95. The van der Waals surface area contributed by atoms with Crippen LogP contribution in [0.5, 0.6) is 0 Å². The molecule has 1 aliphatic heterocycles. The molecule has 3 N–H and O–H groups in total. The fourth-order valence-corrected chi connectivity index (χ4v) is 3.85. The lowest BCUT2D eigenvalue weighted by Gasteiger charge is -2.36. The van der Waals surface area contributed by atoms with Crippen LogP contribution in [0.25, 0.3) is 0 Å². The minimum Gasteiger partial charge on any atom is -0.465 e. The molecule has 2 aliphatic rings. The maximum atomic E-state index is 12.0. The van der Waals surface area contributed by atoms with Gasteiger partial charge in [0.2, 0.25) is 0 Å². The van der Waals surface area contributed by atoms with Gasteiger partial charge in [-0.15, -0.1) is 0 Å². The summed E-state index contributed by atoms with van der Waals surface area (Å²) in [5.74, 6) is 0.305. The van der Waals surface area contributed by atoms with Crippen LogP contribution >= 0.6 is 0 Å². The standard InChI is InChI=1S/C18H28N4O2/c1-24-18(23)16-11-13(19)12-20-17(16)22-9-7-15(8-10-22)21-14-5-3-2-4-6-14/h11-12,14-15,21H,2-10,19H2,1H3. The highest BCUT2D eigenvalue weighted by Crippen LogP contribution is 2.25. The van der Waals surface area contributed by atoms with Crippen molar-refractivity contribution < 1.29 is 9.53 Å². The van der Waals surface area contributed by atoms with Crippen LogP contribution in [0.4, 0.5) is 11.5 Å². The fraction of sp³-hybridized carbons (Fsp3) is 0.667. The molecule has 0 amide bonds. The molecule has 6 heteroatoms. The van der Waals surface area contributed by atoms with Gasteiger partial charge in [-0.2, -0.15) is 0 Å². The molecule has 1 saturated heterocycles. The number of hydrogen-bond acceptors (Lipinski definition) is 6. The molecular formula is C18H28N4O2. The normalized spacial score (nSPS) is 20.1. The number of aromatic nitrogens is 1. The molecule has 0 unspecified atom stereocenters. The van der Waals surface area contributed by atoms with E-state index in [1.807, 2.05) is 0 Å². The summed E-state index contributed by atoms with van der Waals surface area (Å²) in [6.45, 7) is 1.79. The minimum absolute atomic E-state index is 0.382. The molecular weight excluding hydrogens is 304 g/mol. The van der Waals surface area contributed by atoms with Crippen LogP contribution in [0.15, 0.2) is 12.3 Å². The van der Waals surface area contributed by atoms with Crippen molar-refractivity contribution in [3.63, 3.8) is 0 Å². The van der Waals surface area contributed by atoms with E-state index in [1.165, 1.54) is 39.2 Å². The van der Waals surface area contributed by atoms with Gasteiger partial charge in [-0.25, -0.2) is 9.78 Å². The topological polar surface area (TPSA) is 80.5 Å². The first kappa shape index (κ1) is 17.0. The number of carbonyl (C=O) groups excluding carboxylic acids is 1. The highest BCUT2D eigenvalue weighted by Gasteiger charge is 2.26. The van der Waals surface area contributed by atoms with E-state index in [2.05, 4.69) is 15.2 Å². The average molecular weight is 332 g/mol. The lowest BCUT2D eigenvalue weighted by molar-refractivity contribution is 0.0601. The summed E-state index contributed by atoms with van der Waals surface area (Å²) < 4.78 is 4.87. The van der Waals surface area contributed by atoms with Gasteiger partial charge in [0.15, 0.2) is 0 Å². The molecule has 0 bridgehead atoms. The van der Waals surface area contributed by atoms with Gasteiger partial charge in [-0.3, -0.25) is 0 Å². The number of rotatable bonds is 4. The number of anilines is 2. The Kier molecular flexibility index (Phi) is 5.56. The van der Waals surface area contributed by atoms with Crippen LogP contribution in [-0.2, 0) is 4.74 Å². The Morgan fingerprint density at radius 1 is 1.21 bits per heavy atom. The molecule has 0 atom stereocenters. The Morgan fingerprint density at radius 3 is 2.54 bits per heavy atom. The zero-order valence-electron chi connectivity index (χ0n) is 14.5. The van der Waals surface area contributed by atoms with Gasteiger partial charge in [0.05, 0.1) is 19.0 Å². The number of methoxy groups -OCH3 is 1. The number of nitrogens with one attached hydrogen (secondary N) is 1. The number of nitrogens with two attached hydrogens (primary N) is 1. The van der Waals surface area contributed by atoms with Crippen molar-refractivity contribution in [1.82, 2.24) is 10.3 Å². The Balaban J connectivity index is 1.61. The number of pyridine rings is 1. The second-order valence-electron chi connectivity index (χ2n) is 6.89. The van der Waals surface area contributed by atoms with E-state index < -0.39 is 0 Å². The van der Waals surface area contributed by atoms with E-state index in [0.717, 1.165) is 25.9 Å². The van der Waals surface area contributed by atoms with E-state index in [-0.39, 0.29) is 5.97 Å². The summed E-state index contributed by atoms with van der Waals surface area (Å²) in [4.78, 5) is 18.6. The van der Waals surface area contributed by atoms with Crippen LogP contribution in [-0.4, -0.2) is 43.2 Å². The number of piperidine rings is 1. The fourth-order valence-electron chi connectivity index (χ4n) is 3.85. The molecule has 6 nitrogen and oxygen atoms in total. The van der Waals surface area contributed by atoms with Crippen molar-refractivity contribution in [2.24, 2.45) is 0 Å². The zero-order chi connectivity index (χ0) is 16.9. The van der Waals surface area contributed by atoms with E-state index in [0.29, 0.717) is 29.2 Å². The van der Waals surface area contributed by atoms with Crippen LogP contribution in [0.1, 0.15) is 55.3 Å². The number of esters is 1. The molecule has 3 rings (SSSR count). The van der Waals surface area contributed by atoms with Crippen LogP contribution in [0, 0.1) is 0 Å². The maximum Gasteiger partial charge on any atom is 0.341 e. The lowest BCUT2D eigenvalue weighted by atomic mass is 9.93. The molecule has 0 radical (unpaired) electrons. The van der Waals surface area contributed by atoms with Gasteiger partial charge in [-0.05, 0) is 31.7 Å². The largest absolute Gasteiger partial charge is 0.465 e. The van der Waals surface area contributed by atoms with E-state index >= 15 is 0 Å². The molecule has 2 heterocycles. The second kappa shape index (κ2) is 7.83. The van der Waals surface area contributed by atoms with Gasteiger partial charge < -0.3 is 20.7 Å². The number of ether oxygens (including phenoxy) is 1. The summed E-state index contributed by atoms with van der Waals surface area (Å²) in [5, 5.41) is 3.83. The Labute approximate surface area is 143 Å². The molecule has 0 aromatic carbocycles. The molecule has 1 aromatic rings. The van der Waals surface area contributed by atoms with Crippen LogP contribution in [0.2, 0.25) is 0 Å². The molecule has 24 heavy (non-hydrogen) atoms. The molecule has 2 fully saturated rings. The Morgan fingerprint density at radius 2 is 1.88 bits per heavy atom. The quantitative estimate of drug-likeness (QED) is 0.824. The number of carbonyl (C=O) groups is 1. The maximum absolute atomic E-state index is 12.0. The van der Waals surface area contributed by atoms with E-state index in [1.54, 1.807) is 12.3 Å². The van der Waals surface area contributed by atoms with Gasteiger partial charge in [-0.1, -0.05) is 19.3 Å². The van der Waals surface area contributed by atoms with Crippen LogP contribution in [0.3, 0.4) is 0 Å². The van der Waals surface area contributed by atoms with Gasteiger partial charge in [0.25, 0.3) is 0 Å². The third kappa shape index (κ3) is 3.98. The van der Waals surface area contributed by atoms with Crippen molar-refractivity contribution in [2.75, 3.05) is 30.8 Å². The van der Waals surface area contributed by atoms with Crippen molar-refractivity contribution in [1.29, 1.82) is 0 Å².